The maximum Gasteiger partial charge on any atom is 0.314 e. The van der Waals surface area contributed by atoms with Gasteiger partial charge < -0.3 is 14.1 Å². The molecule has 3 rings (SSSR count). The van der Waals surface area contributed by atoms with Crippen LogP contribution in [0.3, 0.4) is 0 Å². The van der Waals surface area contributed by atoms with Crippen molar-refractivity contribution in [1.82, 2.24) is 4.90 Å². The number of hydrogen-bond acceptors (Lipinski definition) is 4. The van der Waals surface area contributed by atoms with E-state index in [0.29, 0.717) is 24.9 Å². The highest BCUT2D eigenvalue weighted by Crippen LogP contribution is 2.36. The van der Waals surface area contributed by atoms with Crippen LogP contribution in [0.5, 0.6) is 0 Å². The lowest BCUT2D eigenvalue weighted by Crippen LogP contribution is -2.51. The van der Waals surface area contributed by atoms with Crippen molar-refractivity contribution in [3.8, 4) is 0 Å². The molecule has 0 aliphatic carbocycles. The molecule has 1 aliphatic heterocycles. The van der Waals surface area contributed by atoms with Gasteiger partial charge in [0.25, 0.3) is 5.91 Å². The Labute approximate surface area is 162 Å². The van der Waals surface area contributed by atoms with E-state index in [4.69, 9.17) is 9.15 Å². The summed E-state index contributed by atoms with van der Waals surface area (Å²) in [6, 6.07) is 4.99. The number of likely N-dealkylation sites (tertiary alicyclic amines) is 1. The van der Waals surface area contributed by atoms with Crippen LogP contribution >= 0.6 is 0 Å². The lowest BCUT2D eigenvalue weighted by molar-refractivity contribution is -0.158. The van der Waals surface area contributed by atoms with E-state index in [0.717, 1.165) is 12.1 Å². The van der Waals surface area contributed by atoms with Crippen molar-refractivity contribution in [1.29, 1.82) is 0 Å². The standard InChI is InChI=1S/C21H23F2NO4/c1-3-27-20(26)21(12-15-5-6-16(22)11-17(15)23)8-4-9-24(13-21)19(25)18-14(2)7-10-28-18/h5-7,10-11H,3-4,8-9,12-13H2,1-2H3. The normalized spacial score (nSPS) is 19.5. The Kier molecular flexibility index (Phi) is 5.82. The van der Waals surface area contributed by atoms with E-state index in [-0.39, 0.29) is 36.8 Å². The van der Waals surface area contributed by atoms with E-state index < -0.39 is 23.0 Å². The number of nitrogens with zero attached hydrogens (tertiary/aromatic N) is 1. The fraction of sp³-hybridized carbons (Fsp3) is 0.429. The van der Waals surface area contributed by atoms with E-state index in [9.17, 15) is 18.4 Å². The molecular weight excluding hydrogens is 368 g/mol. The molecule has 2 heterocycles. The van der Waals surface area contributed by atoms with Crippen LogP contribution in [0.25, 0.3) is 0 Å². The Bertz CT molecular complexity index is 879. The van der Waals surface area contributed by atoms with Crippen molar-refractivity contribution in [2.24, 2.45) is 5.41 Å². The minimum Gasteiger partial charge on any atom is -0.466 e. The average Bonchev–Trinajstić information content (AvgIpc) is 3.10. The molecule has 0 spiro atoms. The minimum absolute atomic E-state index is 0.0267. The highest BCUT2D eigenvalue weighted by molar-refractivity contribution is 5.93. The molecule has 5 nitrogen and oxygen atoms in total. The summed E-state index contributed by atoms with van der Waals surface area (Å²) < 4.78 is 38.1. The predicted octanol–water partition coefficient (Wildman–Crippen LogP) is 3.89. The van der Waals surface area contributed by atoms with Crippen molar-refractivity contribution < 1.29 is 27.5 Å². The zero-order valence-corrected chi connectivity index (χ0v) is 16.0. The molecule has 1 aliphatic rings. The van der Waals surface area contributed by atoms with E-state index in [1.165, 1.54) is 12.3 Å². The van der Waals surface area contributed by atoms with Gasteiger partial charge in [-0.3, -0.25) is 9.59 Å². The highest BCUT2D eigenvalue weighted by atomic mass is 19.1. The third-order valence-electron chi connectivity index (χ3n) is 5.17. The summed E-state index contributed by atoms with van der Waals surface area (Å²) in [5, 5.41) is 0. The van der Waals surface area contributed by atoms with Gasteiger partial charge in [-0.05, 0) is 50.8 Å². The monoisotopic (exact) mass is 391 g/mol. The molecular formula is C21H23F2NO4. The van der Waals surface area contributed by atoms with Gasteiger partial charge in [0.2, 0.25) is 0 Å². The van der Waals surface area contributed by atoms with E-state index >= 15 is 0 Å². The summed E-state index contributed by atoms with van der Waals surface area (Å²) in [5.74, 6) is -1.95. The summed E-state index contributed by atoms with van der Waals surface area (Å²) in [4.78, 5) is 27.3. The molecule has 1 fully saturated rings. The van der Waals surface area contributed by atoms with E-state index in [1.807, 2.05) is 0 Å². The number of esters is 1. The smallest absolute Gasteiger partial charge is 0.314 e. The quantitative estimate of drug-likeness (QED) is 0.726. The molecule has 0 bridgehead atoms. The lowest BCUT2D eigenvalue weighted by Gasteiger charge is -2.41. The molecule has 1 aromatic carbocycles. The second-order valence-corrected chi connectivity index (χ2v) is 7.18. The van der Waals surface area contributed by atoms with Crippen LogP contribution < -0.4 is 0 Å². The summed E-state index contributed by atoms with van der Waals surface area (Å²) in [6.07, 6.45) is 2.48. The topological polar surface area (TPSA) is 59.8 Å². The summed E-state index contributed by atoms with van der Waals surface area (Å²) in [7, 11) is 0. The number of ether oxygens (including phenoxy) is 1. The zero-order valence-electron chi connectivity index (χ0n) is 16.0. The number of amides is 1. The molecule has 28 heavy (non-hydrogen) atoms. The van der Waals surface area contributed by atoms with Crippen LogP contribution in [0.4, 0.5) is 8.78 Å². The first-order valence-electron chi connectivity index (χ1n) is 9.31. The van der Waals surface area contributed by atoms with Gasteiger partial charge in [0, 0.05) is 24.7 Å². The Hall–Kier alpha value is -2.70. The van der Waals surface area contributed by atoms with Gasteiger partial charge in [-0.25, -0.2) is 8.78 Å². The number of carbonyl (C=O) groups is 2. The van der Waals surface area contributed by atoms with Crippen molar-refractivity contribution >= 4 is 11.9 Å². The predicted molar refractivity (Wildman–Crippen MR) is 97.7 cm³/mol. The largest absolute Gasteiger partial charge is 0.466 e. The van der Waals surface area contributed by atoms with Crippen LogP contribution in [-0.2, 0) is 16.0 Å². The molecule has 0 radical (unpaired) electrons. The van der Waals surface area contributed by atoms with Crippen molar-refractivity contribution in [3.05, 3.63) is 59.1 Å². The molecule has 1 saturated heterocycles. The maximum absolute atomic E-state index is 14.3. The van der Waals surface area contributed by atoms with Gasteiger partial charge >= 0.3 is 5.97 Å². The molecule has 0 saturated carbocycles. The first kappa shape index (κ1) is 20.0. The molecule has 1 unspecified atom stereocenters. The summed E-state index contributed by atoms with van der Waals surface area (Å²) >= 11 is 0. The van der Waals surface area contributed by atoms with Crippen LogP contribution in [0.2, 0.25) is 0 Å². The van der Waals surface area contributed by atoms with Crippen LogP contribution in [0, 0.1) is 24.0 Å². The van der Waals surface area contributed by atoms with E-state index in [1.54, 1.807) is 24.8 Å². The van der Waals surface area contributed by atoms with Gasteiger partial charge in [0.15, 0.2) is 5.76 Å². The first-order valence-corrected chi connectivity index (χ1v) is 9.31. The number of rotatable bonds is 5. The highest BCUT2D eigenvalue weighted by Gasteiger charge is 2.45. The second-order valence-electron chi connectivity index (χ2n) is 7.18. The average molecular weight is 391 g/mol. The number of furan rings is 1. The summed E-state index contributed by atoms with van der Waals surface area (Å²) in [5.41, 5.74) is -0.164. The Balaban J connectivity index is 1.91. The van der Waals surface area contributed by atoms with Crippen molar-refractivity contribution in [3.63, 3.8) is 0 Å². The molecule has 0 N–H and O–H groups in total. The fourth-order valence-electron chi connectivity index (χ4n) is 3.74. The van der Waals surface area contributed by atoms with Crippen LogP contribution in [-0.4, -0.2) is 36.5 Å². The number of benzene rings is 1. The van der Waals surface area contributed by atoms with Gasteiger partial charge in [0.1, 0.15) is 11.6 Å². The van der Waals surface area contributed by atoms with Gasteiger partial charge in [0.05, 0.1) is 18.3 Å². The number of hydrogen-bond donors (Lipinski definition) is 0. The van der Waals surface area contributed by atoms with Gasteiger partial charge in [-0.1, -0.05) is 6.07 Å². The molecule has 2 aromatic rings. The van der Waals surface area contributed by atoms with E-state index in [2.05, 4.69) is 0 Å². The first-order chi connectivity index (χ1) is 13.4. The Morgan fingerprint density at radius 3 is 2.71 bits per heavy atom. The molecule has 7 heteroatoms. The number of halogens is 2. The van der Waals surface area contributed by atoms with Crippen LogP contribution in [0.1, 0.15) is 41.4 Å². The lowest BCUT2D eigenvalue weighted by atomic mass is 9.74. The molecule has 1 aromatic heterocycles. The Morgan fingerprint density at radius 2 is 2.07 bits per heavy atom. The minimum atomic E-state index is -1.09. The maximum atomic E-state index is 14.3. The SMILES string of the molecule is CCOC(=O)C1(Cc2ccc(F)cc2F)CCCN(C(=O)c2occc2C)C1. The van der Waals surface area contributed by atoms with Crippen molar-refractivity contribution in [2.45, 2.75) is 33.1 Å². The zero-order chi connectivity index (χ0) is 20.3. The Morgan fingerprint density at radius 1 is 1.29 bits per heavy atom. The molecule has 150 valence electrons. The molecule has 1 amide bonds. The van der Waals surface area contributed by atoms with Gasteiger partial charge in [-0.15, -0.1) is 0 Å². The number of carbonyl (C=O) groups excluding carboxylic acids is 2. The number of aryl methyl sites for hydroxylation is 1. The van der Waals surface area contributed by atoms with Crippen molar-refractivity contribution in [2.75, 3.05) is 19.7 Å². The summed E-state index contributed by atoms with van der Waals surface area (Å²) in [6.45, 7) is 4.20. The third-order valence-corrected chi connectivity index (χ3v) is 5.17. The third kappa shape index (κ3) is 3.93. The van der Waals surface area contributed by atoms with Crippen LogP contribution in [0.15, 0.2) is 34.9 Å². The molecule has 1 atom stereocenters. The second kappa shape index (κ2) is 8.12. The number of piperidine rings is 1. The fourth-order valence-corrected chi connectivity index (χ4v) is 3.74. The van der Waals surface area contributed by atoms with Gasteiger partial charge in [-0.2, -0.15) is 0 Å².